The third-order valence-electron chi connectivity index (χ3n) is 3.31. The zero-order valence-corrected chi connectivity index (χ0v) is 12.2. The largest absolute Gasteiger partial charge is 0.491 e. The molecule has 1 aliphatic rings. The standard InChI is InChI=1S/C16H25NO2/c1-5-6-14(8-7-12(2)18)9-13(3)19-16-10-15(11-16)17-4/h5-6,9,15-17H,3,7-8,10-11H2,1-2,4H3/b6-5-,14-9+. The molecule has 19 heavy (non-hydrogen) atoms. The SMILES string of the molecule is C=C(/C=C(\C=C/C)CCC(C)=O)OC1CC(NC)C1. The lowest BCUT2D eigenvalue weighted by molar-refractivity contribution is -0.116. The second-order valence-corrected chi connectivity index (χ2v) is 5.08. The van der Waals surface area contributed by atoms with E-state index >= 15 is 0 Å². The summed E-state index contributed by atoms with van der Waals surface area (Å²) in [5, 5.41) is 3.22. The summed E-state index contributed by atoms with van der Waals surface area (Å²) in [6, 6.07) is 0.578. The van der Waals surface area contributed by atoms with Crippen LogP contribution in [0.1, 0.15) is 39.5 Å². The van der Waals surface area contributed by atoms with Gasteiger partial charge in [-0.3, -0.25) is 0 Å². The number of nitrogens with one attached hydrogen (secondary N) is 1. The van der Waals surface area contributed by atoms with E-state index in [0.717, 1.165) is 24.8 Å². The van der Waals surface area contributed by atoms with Gasteiger partial charge < -0.3 is 14.8 Å². The fourth-order valence-corrected chi connectivity index (χ4v) is 2.09. The molecule has 0 saturated heterocycles. The summed E-state index contributed by atoms with van der Waals surface area (Å²) >= 11 is 0. The molecule has 0 unspecified atom stereocenters. The Morgan fingerprint density at radius 1 is 1.42 bits per heavy atom. The van der Waals surface area contributed by atoms with Gasteiger partial charge in [-0.25, -0.2) is 0 Å². The highest BCUT2D eigenvalue weighted by Crippen LogP contribution is 2.25. The van der Waals surface area contributed by atoms with Crippen molar-refractivity contribution in [2.24, 2.45) is 0 Å². The Morgan fingerprint density at radius 2 is 2.11 bits per heavy atom. The van der Waals surface area contributed by atoms with Crippen molar-refractivity contribution in [2.75, 3.05) is 7.05 Å². The molecule has 0 aromatic rings. The van der Waals surface area contributed by atoms with E-state index in [4.69, 9.17) is 4.74 Å². The molecule has 1 saturated carbocycles. The van der Waals surface area contributed by atoms with Crippen molar-refractivity contribution in [3.8, 4) is 0 Å². The van der Waals surface area contributed by atoms with Gasteiger partial charge in [0.05, 0.1) is 0 Å². The summed E-state index contributed by atoms with van der Waals surface area (Å²) in [4.78, 5) is 11.0. The first-order valence-electron chi connectivity index (χ1n) is 6.90. The number of allylic oxidation sites excluding steroid dienone is 4. The van der Waals surface area contributed by atoms with Gasteiger partial charge >= 0.3 is 0 Å². The number of carbonyl (C=O) groups is 1. The molecule has 0 radical (unpaired) electrons. The Kier molecular flexibility index (Phi) is 6.57. The Balaban J connectivity index is 2.44. The van der Waals surface area contributed by atoms with Crippen LogP contribution in [0.4, 0.5) is 0 Å². The van der Waals surface area contributed by atoms with E-state index < -0.39 is 0 Å². The quantitative estimate of drug-likeness (QED) is 0.540. The molecule has 0 aliphatic heterocycles. The highest BCUT2D eigenvalue weighted by Gasteiger charge is 2.29. The highest BCUT2D eigenvalue weighted by atomic mass is 16.5. The van der Waals surface area contributed by atoms with Crippen LogP contribution in [0.15, 0.2) is 36.1 Å². The molecular formula is C16H25NO2. The summed E-state index contributed by atoms with van der Waals surface area (Å²) in [6.07, 6.45) is 9.58. The number of ketones is 1. The summed E-state index contributed by atoms with van der Waals surface area (Å²) < 4.78 is 5.77. The first kappa shape index (κ1) is 15.7. The van der Waals surface area contributed by atoms with Gasteiger partial charge in [0.1, 0.15) is 17.6 Å². The number of ether oxygens (including phenoxy) is 1. The molecule has 0 aromatic carbocycles. The predicted octanol–water partition coefficient (Wildman–Crippen LogP) is 3.14. The van der Waals surface area contributed by atoms with Crippen LogP contribution in [0, 0.1) is 0 Å². The van der Waals surface area contributed by atoms with Gasteiger partial charge in [0.2, 0.25) is 0 Å². The Morgan fingerprint density at radius 3 is 2.63 bits per heavy atom. The van der Waals surface area contributed by atoms with Crippen LogP contribution < -0.4 is 5.32 Å². The van der Waals surface area contributed by atoms with Gasteiger partial charge in [0.15, 0.2) is 0 Å². The van der Waals surface area contributed by atoms with Crippen molar-refractivity contribution in [3.05, 3.63) is 36.1 Å². The van der Waals surface area contributed by atoms with E-state index in [1.807, 2.05) is 32.2 Å². The molecule has 3 heteroatoms. The van der Waals surface area contributed by atoms with Crippen LogP contribution in [0.5, 0.6) is 0 Å². The van der Waals surface area contributed by atoms with Crippen molar-refractivity contribution in [2.45, 2.75) is 51.7 Å². The molecule has 1 rings (SSSR count). The molecular weight excluding hydrogens is 238 g/mol. The molecule has 106 valence electrons. The van der Waals surface area contributed by atoms with Crippen molar-refractivity contribution >= 4 is 5.78 Å². The van der Waals surface area contributed by atoms with Crippen molar-refractivity contribution in [1.82, 2.24) is 5.32 Å². The lowest BCUT2D eigenvalue weighted by Gasteiger charge is -2.35. The smallest absolute Gasteiger partial charge is 0.130 e. The molecule has 1 aliphatic carbocycles. The lowest BCUT2D eigenvalue weighted by atomic mass is 9.89. The predicted molar refractivity (Wildman–Crippen MR) is 78.9 cm³/mol. The maximum Gasteiger partial charge on any atom is 0.130 e. The third-order valence-corrected chi connectivity index (χ3v) is 3.31. The number of carbonyl (C=O) groups excluding carboxylic acids is 1. The van der Waals surface area contributed by atoms with Crippen LogP contribution in [-0.2, 0) is 9.53 Å². The van der Waals surface area contributed by atoms with Gasteiger partial charge in [-0.2, -0.15) is 0 Å². The van der Waals surface area contributed by atoms with E-state index in [1.54, 1.807) is 6.92 Å². The molecule has 0 atom stereocenters. The van der Waals surface area contributed by atoms with Crippen molar-refractivity contribution in [3.63, 3.8) is 0 Å². The summed E-state index contributed by atoms with van der Waals surface area (Å²) in [7, 11) is 1.97. The van der Waals surface area contributed by atoms with Crippen molar-refractivity contribution in [1.29, 1.82) is 0 Å². The highest BCUT2D eigenvalue weighted by molar-refractivity contribution is 5.75. The number of hydrogen-bond acceptors (Lipinski definition) is 3. The normalized spacial score (nSPS) is 23.2. The fraction of sp³-hybridized carbons (Fsp3) is 0.562. The van der Waals surface area contributed by atoms with Crippen LogP contribution in [-0.4, -0.2) is 25.0 Å². The van der Waals surface area contributed by atoms with Gasteiger partial charge in [-0.05, 0) is 51.8 Å². The van der Waals surface area contributed by atoms with E-state index in [-0.39, 0.29) is 11.9 Å². The van der Waals surface area contributed by atoms with E-state index in [9.17, 15) is 4.79 Å². The number of Topliss-reactive ketones (excluding diaryl/α,β-unsaturated/α-hetero) is 1. The molecule has 1 fully saturated rings. The molecule has 0 spiro atoms. The zero-order chi connectivity index (χ0) is 14.3. The third kappa shape index (κ3) is 5.88. The second-order valence-electron chi connectivity index (χ2n) is 5.08. The first-order valence-corrected chi connectivity index (χ1v) is 6.90. The Bertz CT molecular complexity index is 376. The Labute approximate surface area is 116 Å². The maximum absolute atomic E-state index is 11.0. The number of hydrogen-bond donors (Lipinski definition) is 1. The molecule has 0 aromatic heterocycles. The van der Waals surface area contributed by atoms with Gasteiger partial charge in [-0.15, -0.1) is 0 Å². The minimum absolute atomic E-state index is 0.206. The topological polar surface area (TPSA) is 38.3 Å². The van der Waals surface area contributed by atoms with E-state index in [2.05, 4.69) is 11.9 Å². The zero-order valence-electron chi connectivity index (χ0n) is 12.2. The lowest BCUT2D eigenvalue weighted by Crippen LogP contribution is -2.43. The average molecular weight is 263 g/mol. The Hall–Kier alpha value is -1.35. The molecule has 0 amide bonds. The van der Waals surface area contributed by atoms with Crippen LogP contribution >= 0.6 is 0 Å². The number of rotatable bonds is 8. The van der Waals surface area contributed by atoms with Crippen LogP contribution in [0.25, 0.3) is 0 Å². The summed E-state index contributed by atoms with van der Waals surface area (Å²) in [5.74, 6) is 0.897. The fourth-order valence-electron chi connectivity index (χ4n) is 2.09. The van der Waals surface area contributed by atoms with Crippen LogP contribution in [0.3, 0.4) is 0 Å². The average Bonchev–Trinajstić information content (AvgIpc) is 2.30. The van der Waals surface area contributed by atoms with Crippen LogP contribution in [0.2, 0.25) is 0 Å². The molecule has 1 N–H and O–H groups in total. The first-order chi connectivity index (χ1) is 9.05. The van der Waals surface area contributed by atoms with E-state index in [1.165, 1.54) is 0 Å². The molecule has 0 bridgehead atoms. The maximum atomic E-state index is 11.0. The summed E-state index contributed by atoms with van der Waals surface area (Å²) in [6.45, 7) is 7.52. The monoisotopic (exact) mass is 263 g/mol. The van der Waals surface area contributed by atoms with E-state index in [0.29, 0.717) is 18.2 Å². The molecule has 3 nitrogen and oxygen atoms in total. The summed E-state index contributed by atoms with van der Waals surface area (Å²) in [5.41, 5.74) is 1.09. The minimum Gasteiger partial charge on any atom is -0.491 e. The van der Waals surface area contributed by atoms with Gasteiger partial charge in [0, 0.05) is 12.5 Å². The minimum atomic E-state index is 0.206. The second kappa shape index (κ2) is 7.95. The molecule has 0 heterocycles. The van der Waals surface area contributed by atoms with Crippen molar-refractivity contribution < 1.29 is 9.53 Å². The van der Waals surface area contributed by atoms with Gasteiger partial charge in [0.25, 0.3) is 0 Å². The van der Waals surface area contributed by atoms with Gasteiger partial charge in [-0.1, -0.05) is 18.7 Å².